The highest BCUT2D eigenvalue weighted by Crippen LogP contribution is 2.38. The van der Waals surface area contributed by atoms with Crippen molar-refractivity contribution < 1.29 is 14.3 Å². The van der Waals surface area contributed by atoms with Crippen LogP contribution in [0.5, 0.6) is 0 Å². The van der Waals surface area contributed by atoms with Gasteiger partial charge in [-0.15, -0.1) is 0 Å². The number of halogens is 1. The van der Waals surface area contributed by atoms with E-state index >= 15 is 0 Å². The van der Waals surface area contributed by atoms with Crippen molar-refractivity contribution in [3.8, 4) is 11.3 Å². The first kappa shape index (κ1) is 21.2. The van der Waals surface area contributed by atoms with Crippen molar-refractivity contribution in [3.05, 3.63) is 77.5 Å². The summed E-state index contributed by atoms with van der Waals surface area (Å²) < 4.78 is 5.85. The van der Waals surface area contributed by atoms with E-state index in [1.165, 1.54) is 11.6 Å². The van der Waals surface area contributed by atoms with Crippen LogP contribution in [0.4, 0.5) is 11.7 Å². The van der Waals surface area contributed by atoms with Gasteiger partial charge in [-0.1, -0.05) is 48.0 Å². The van der Waals surface area contributed by atoms with Gasteiger partial charge in [-0.2, -0.15) is 0 Å². The summed E-state index contributed by atoms with van der Waals surface area (Å²) >= 11 is 6.02. The molecule has 1 saturated carbocycles. The minimum absolute atomic E-state index is 0.427. The van der Waals surface area contributed by atoms with Crippen molar-refractivity contribution in [1.29, 1.82) is 0 Å². The predicted molar refractivity (Wildman–Crippen MR) is 123 cm³/mol. The van der Waals surface area contributed by atoms with E-state index < -0.39 is 5.97 Å². The molecule has 6 heteroatoms. The second kappa shape index (κ2) is 9.84. The zero-order valence-electron chi connectivity index (χ0n) is 17.1. The lowest BCUT2D eigenvalue weighted by Gasteiger charge is -2.28. The standard InChI is InChI=1S/C25H25ClN2O3/c26-21-4-2-5-22(15-21)28-25-27-16-23(31-25)20-13-11-19(12-14-20)18-9-7-17(8-10-18)3-1-6-24(29)30/h1-2,4-6,11-18H,3,7-10H2,(H,27,28)(H,29,30)/b6-1+/t17-,18+. The summed E-state index contributed by atoms with van der Waals surface area (Å²) in [6.45, 7) is 0. The molecule has 2 aromatic carbocycles. The molecule has 2 N–H and O–H groups in total. The minimum atomic E-state index is -0.868. The molecule has 1 aromatic heterocycles. The van der Waals surface area contributed by atoms with Crippen LogP contribution in [0, 0.1) is 5.92 Å². The van der Waals surface area contributed by atoms with Crippen molar-refractivity contribution in [1.82, 2.24) is 4.98 Å². The lowest BCUT2D eigenvalue weighted by Crippen LogP contribution is -2.12. The molecule has 1 fully saturated rings. The second-order valence-electron chi connectivity index (χ2n) is 7.98. The molecule has 0 amide bonds. The molecule has 1 aliphatic carbocycles. The number of nitrogens with one attached hydrogen (secondary N) is 1. The number of carbonyl (C=O) groups is 1. The first-order valence-electron chi connectivity index (χ1n) is 10.5. The molecule has 4 rings (SSSR count). The fourth-order valence-corrected chi connectivity index (χ4v) is 4.36. The van der Waals surface area contributed by atoms with Gasteiger partial charge < -0.3 is 14.8 Å². The third-order valence-corrected chi connectivity index (χ3v) is 6.06. The lowest BCUT2D eigenvalue weighted by atomic mass is 9.77. The number of aliphatic carboxylic acids is 1. The number of aromatic nitrogens is 1. The number of oxazole rings is 1. The molecule has 5 nitrogen and oxygen atoms in total. The van der Waals surface area contributed by atoms with E-state index in [4.69, 9.17) is 21.1 Å². The minimum Gasteiger partial charge on any atom is -0.478 e. The van der Waals surface area contributed by atoms with Crippen molar-refractivity contribution in [2.24, 2.45) is 5.92 Å². The Morgan fingerprint density at radius 3 is 2.65 bits per heavy atom. The first-order chi connectivity index (χ1) is 15.1. The van der Waals surface area contributed by atoms with Gasteiger partial charge in [-0.25, -0.2) is 9.78 Å². The lowest BCUT2D eigenvalue weighted by molar-refractivity contribution is -0.131. The number of carboxylic acids is 1. The highest BCUT2D eigenvalue weighted by Gasteiger charge is 2.21. The molecule has 0 unspecified atom stereocenters. The van der Waals surface area contributed by atoms with E-state index in [0.717, 1.165) is 43.4 Å². The molecular weight excluding hydrogens is 412 g/mol. The van der Waals surface area contributed by atoms with Gasteiger partial charge in [0.25, 0.3) is 6.01 Å². The maximum atomic E-state index is 10.6. The summed E-state index contributed by atoms with van der Waals surface area (Å²) in [5.41, 5.74) is 3.16. The van der Waals surface area contributed by atoms with Gasteiger partial charge in [-0.05, 0) is 67.7 Å². The number of anilines is 2. The quantitative estimate of drug-likeness (QED) is 0.388. The van der Waals surface area contributed by atoms with Crippen molar-refractivity contribution in [3.63, 3.8) is 0 Å². The average Bonchev–Trinajstić information content (AvgIpc) is 3.23. The second-order valence-corrected chi connectivity index (χ2v) is 8.42. The van der Waals surface area contributed by atoms with Crippen LogP contribution in [-0.4, -0.2) is 16.1 Å². The van der Waals surface area contributed by atoms with Gasteiger partial charge in [0, 0.05) is 22.3 Å². The van der Waals surface area contributed by atoms with Crippen LogP contribution in [0.3, 0.4) is 0 Å². The Balaban J connectivity index is 1.34. The van der Waals surface area contributed by atoms with Crippen molar-refractivity contribution in [2.75, 3.05) is 5.32 Å². The molecule has 0 atom stereocenters. The summed E-state index contributed by atoms with van der Waals surface area (Å²) in [4.78, 5) is 14.9. The Hall–Kier alpha value is -3.05. The maximum Gasteiger partial charge on any atom is 0.327 e. The molecule has 0 spiro atoms. The van der Waals surface area contributed by atoms with Crippen LogP contribution >= 0.6 is 11.6 Å². The fourth-order valence-electron chi connectivity index (χ4n) is 4.17. The Labute approximate surface area is 186 Å². The number of hydrogen-bond acceptors (Lipinski definition) is 4. The van der Waals surface area contributed by atoms with Gasteiger partial charge in [0.05, 0.1) is 6.20 Å². The van der Waals surface area contributed by atoms with Crippen LogP contribution in [-0.2, 0) is 4.79 Å². The number of rotatable bonds is 7. The third-order valence-electron chi connectivity index (χ3n) is 5.82. The topological polar surface area (TPSA) is 75.4 Å². The number of carboxylic acid groups (broad SMARTS) is 1. The number of nitrogens with zero attached hydrogens (tertiary/aromatic N) is 1. The third kappa shape index (κ3) is 5.76. The first-order valence-corrected chi connectivity index (χ1v) is 10.9. The molecule has 31 heavy (non-hydrogen) atoms. The Morgan fingerprint density at radius 1 is 1.16 bits per heavy atom. The number of hydrogen-bond donors (Lipinski definition) is 2. The number of benzene rings is 2. The smallest absolute Gasteiger partial charge is 0.327 e. The summed E-state index contributed by atoms with van der Waals surface area (Å²) in [6, 6.07) is 16.4. The van der Waals surface area contributed by atoms with Gasteiger partial charge in [0.15, 0.2) is 5.76 Å². The van der Waals surface area contributed by atoms with E-state index in [0.29, 0.717) is 28.6 Å². The van der Waals surface area contributed by atoms with E-state index in [-0.39, 0.29) is 0 Å². The van der Waals surface area contributed by atoms with Crippen LogP contribution in [0.25, 0.3) is 11.3 Å². The van der Waals surface area contributed by atoms with Gasteiger partial charge in [0.1, 0.15) is 0 Å². The SMILES string of the molecule is O=C(O)/C=C/C[C@H]1CC[C@@H](c2ccc(-c3cnc(Nc4cccc(Cl)c4)o3)cc2)CC1. The highest BCUT2D eigenvalue weighted by molar-refractivity contribution is 6.30. The average molecular weight is 437 g/mol. The molecule has 1 heterocycles. The summed E-state index contributed by atoms with van der Waals surface area (Å²) in [5, 5.41) is 12.5. The summed E-state index contributed by atoms with van der Waals surface area (Å²) in [7, 11) is 0. The molecule has 0 saturated heterocycles. The van der Waals surface area contributed by atoms with Crippen LogP contribution < -0.4 is 5.32 Å². The molecule has 160 valence electrons. The summed E-state index contributed by atoms with van der Waals surface area (Å²) in [6.07, 6.45) is 10.2. The molecule has 0 bridgehead atoms. The molecule has 0 radical (unpaired) electrons. The fraction of sp³-hybridized carbons (Fsp3) is 0.280. The maximum absolute atomic E-state index is 10.6. The van der Waals surface area contributed by atoms with E-state index in [2.05, 4.69) is 34.6 Å². The summed E-state index contributed by atoms with van der Waals surface area (Å²) in [5.74, 6) is 0.993. The molecule has 1 aliphatic rings. The number of allylic oxidation sites excluding steroid dienone is 1. The zero-order chi connectivity index (χ0) is 21.6. The highest BCUT2D eigenvalue weighted by atomic mass is 35.5. The Kier molecular flexibility index (Phi) is 6.73. The molecule has 0 aliphatic heterocycles. The van der Waals surface area contributed by atoms with Gasteiger partial charge in [0.2, 0.25) is 0 Å². The van der Waals surface area contributed by atoms with E-state index in [1.807, 2.05) is 24.3 Å². The van der Waals surface area contributed by atoms with Crippen LogP contribution in [0.15, 0.2) is 71.3 Å². The van der Waals surface area contributed by atoms with Gasteiger partial charge >= 0.3 is 5.97 Å². The molecule has 3 aromatic rings. The normalized spacial score (nSPS) is 18.9. The monoisotopic (exact) mass is 436 g/mol. The van der Waals surface area contributed by atoms with Crippen molar-refractivity contribution >= 4 is 29.3 Å². The largest absolute Gasteiger partial charge is 0.478 e. The van der Waals surface area contributed by atoms with Crippen LogP contribution in [0.2, 0.25) is 5.02 Å². The van der Waals surface area contributed by atoms with Crippen molar-refractivity contribution in [2.45, 2.75) is 38.0 Å². The predicted octanol–water partition coefficient (Wildman–Crippen LogP) is 7.04. The molecular formula is C25H25ClN2O3. The van der Waals surface area contributed by atoms with E-state index in [1.54, 1.807) is 12.3 Å². The van der Waals surface area contributed by atoms with Gasteiger partial charge in [-0.3, -0.25) is 0 Å². The van der Waals surface area contributed by atoms with E-state index in [9.17, 15) is 4.79 Å². The van der Waals surface area contributed by atoms with Crippen LogP contribution in [0.1, 0.15) is 43.6 Å². The zero-order valence-corrected chi connectivity index (χ0v) is 17.9. The Bertz CT molecular complexity index is 1050. The Morgan fingerprint density at radius 2 is 1.94 bits per heavy atom.